The van der Waals surface area contributed by atoms with Gasteiger partial charge in [0.25, 0.3) is 5.91 Å². The van der Waals surface area contributed by atoms with E-state index in [2.05, 4.69) is 23.3 Å². The van der Waals surface area contributed by atoms with Crippen molar-refractivity contribution in [3.63, 3.8) is 0 Å². The van der Waals surface area contributed by atoms with Crippen molar-refractivity contribution in [2.24, 2.45) is 17.8 Å². The molecule has 2 aliphatic heterocycles. The fourth-order valence-corrected chi connectivity index (χ4v) is 6.98. The third kappa shape index (κ3) is 4.66. The first-order valence-electron chi connectivity index (χ1n) is 13.4. The number of hydrogen-bond donors (Lipinski definition) is 1. The number of hydrogen-bond acceptors (Lipinski definition) is 6. The second-order valence-electron chi connectivity index (χ2n) is 11.0. The van der Waals surface area contributed by atoms with E-state index >= 15 is 0 Å². The fourth-order valence-electron chi connectivity index (χ4n) is 6.13. The number of ether oxygens (including phenoxy) is 1. The number of thiazole rings is 1. The molecule has 0 spiro atoms. The highest BCUT2D eigenvalue weighted by atomic mass is 32.1. The number of aryl methyl sites for hydroxylation is 2. The molecule has 7 nitrogen and oxygen atoms in total. The lowest BCUT2D eigenvalue weighted by molar-refractivity contribution is -0.144. The predicted molar refractivity (Wildman–Crippen MR) is 148 cm³/mol. The second kappa shape index (κ2) is 10.1. The summed E-state index contributed by atoms with van der Waals surface area (Å²) < 4.78 is 6.32. The molecule has 1 N–H and O–H groups in total. The van der Waals surface area contributed by atoms with Crippen molar-refractivity contribution in [3.05, 3.63) is 64.0 Å². The first-order valence-corrected chi connectivity index (χ1v) is 14.3. The van der Waals surface area contributed by atoms with Crippen molar-refractivity contribution in [1.29, 1.82) is 0 Å². The lowest BCUT2D eigenvalue weighted by Gasteiger charge is -2.35. The number of aliphatic carboxylic acids is 1. The number of anilines is 1. The molecule has 38 heavy (non-hydrogen) atoms. The molecule has 3 aliphatic rings. The summed E-state index contributed by atoms with van der Waals surface area (Å²) in [5, 5.41) is 12.7. The van der Waals surface area contributed by atoms with Crippen LogP contribution in [0.4, 0.5) is 5.13 Å². The van der Waals surface area contributed by atoms with Crippen LogP contribution >= 0.6 is 11.3 Å². The van der Waals surface area contributed by atoms with E-state index in [1.54, 1.807) is 11.3 Å². The van der Waals surface area contributed by atoms with Crippen molar-refractivity contribution in [2.45, 2.75) is 39.7 Å². The number of amides is 1. The zero-order valence-corrected chi connectivity index (χ0v) is 22.7. The lowest BCUT2D eigenvalue weighted by atomic mass is 9.85. The first-order chi connectivity index (χ1) is 18.4. The summed E-state index contributed by atoms with van der Waals surface area (Å²) in [5.41, 5.74) is 5.79. The Kier molecular flexibility index (Phi) is 6.60. The molecule has 3 heterocycles. The van der Waals surface area contributed by atoms with Crippen LogP contribution < -0.4 is 9.64 Å². The Morgan fingerprint density at radius 3 is 2.50 bits per heavy atom. The molecule has 3 atom stereocenters. The maximum Gasteiger partial charge on any atom is 0.307 e. The predicted octanol–water partition coefficient (Wildman–Crippen LogP) is 5.40. The van der Waals surface area contributed by atoms with Crippen molar-refractivity contribution >= 4 is 28.3 Å². The largest absolute Gasteiger partial charge is 0.488 e. The van der Waals surface area contributed by atoms with E-state index in [-0.39, 0.29) is 23.7 Å². The molecular weight excluding hydrogens is 498 g/mol. The molecule has 0 radical (unpaired) electrons. The first kappa shape index (κ1) is 24.9. The minimum absolute atomic E-state index is 0.104. The van der Waals surface area contributed by atoms with Crippen LogP contribution in [-0.4, -0.2) is 53.0 Å². The number of rotatable bonds is 7. The highest BCUT2D eigenvalue weighted by Gasteiger charge is 2.46. The Morgan fingerprint density at radius 1 is 1.08 bits per heavy atom. The van der Waals surface area contributed by atoms with Gasteiger partial charge in [-0.05, 0) is 80.3 Å². The molecule has 2 aromatic carbocycles. The van der Waals surface area contributed by atoms with E-state index in [9.17, 15) is 14.7 Å². The summed E-state index contributed by atoms with van der Waals surface area (Å²) in [6, 6.07) is 12.0. The van der Waals surface area contributed by atoms with E-state index in [4.69, 9.17) is 9.72 Å². The van der Waals surface area contributed by atoms with Crippen LogP contribution in [0.25, 0.3) is 11.3 Å². The number of carbonyl (C=O) groups is 2. The summed E-state index contributed by atoms with van der Waals surface area (Å²) >= 11 is 1.61. The van der Waals surface area contributed by atoms with Gasteiger partial charge in [-0.2, -0.15) is 0 Å². The van der Waals surface area contributed by atoms with Crippen molar-refractivity contribution in [3.8, 4) is 17.0 Å². The number of fused-ring (bicyclic) bond motifs is 2. The summed E-state index contributed by atoms with van der Waals surface area (Å²) in [4.78, 5) is 33.4. The number of nitrogens with zero attached hydrogens (tertiary/aromatic N) is 3. The molecule has 6 rings (SSSR count). The van der Waals surface area contributed by atoms with Gasteiger partial charge in [-0.3, -0.25) is 9.59 Å². The molecule has 1 amide bonds. The Balaban J connectivity index is 1.18. The SMILES string of the molecule is Cc1ccc(OCc2ccc(C(=O)N3CCC3)cc2C)c(-c2csc(N3C[C@H]4CC[C@@H](C3)[C@H]4C(=O)O)n2)c1. The van der Waals surface area contributed by atoms with E-state index in [1.807, 2.05) is 42.2 Å². The van der Waals surface area contributed by atoms with Gasteiger partial charge in [-0.1, -0.05) is 17.7 Å². The van der Waals surface area contributed by atoms with Crippen LogP contribution in [0.2, 0.25) is 0 Å². The number of aromatic nitrogens is 1. The van der Waals surface area contributed by atoms with Gasteiger partial charge in [0.1, 0.15) is 12.4 Å². The smallest absolute Gasteiger partial charge is 0.307 e. The average Bonchev–Trinajstić information content (AvgIpc) is 3.45. The maximum atomic E-state index is 12.6. The molecule has 1 saturated carbocycles. The zero-order chi connectivity index (χ0) is 26.4. The van der Waals surface area contributed by atoms with Gasteiger partial charge in [0, 0.05) is 42.7 Å². The molecule has 1 aromatic heterocycles. The molecule has 1 aliphatic carbocycles. The van der Waals surface area contributed by atoms with Gasteiger partial charge in [-0.25, -0.2) is 4.98 Å². The van der Waals surface area contributed by atoms with Gasteiger partial charge in [-0.15, -0.1) is 11.3 Å². The van der Waals surface area contributed by atoms with Crippen molar-refractivity contribution < 1.29 is 19.4 Å². The second-order valence-corrected chi connectivity index (χ2v) is 11.8. The van der Waals surface area contributed by atoms with Gasteiger partial charge >= 0.3 is 5.97 Å². The Labute approximate surface area is 227 Å². The topological polar surface area (TPSA) is 83.0 Å². The summed E-state index contributed by atoms with van der Waals surface area (Å²) in [6.07, 6.45) is 3.05. The van der Waals surface area contributed by atoms with Gasteiger partial charge in [0.15, 0.2) is 5.13 Å². The number of carbonyl (C=O) groups excluding carboxylic acids is 1. The number of piperidine rings is 1. The Morgan fingerprint density at radius 2 is 1.84 bits per heavy atom. The molecular formula is C30H33N3O4S. The standard InChI is InChI=1S/C30H33N3O4S/c1-18-4-9-26(37-16-23-8-5-20(13-19(23)2)28(34)32-10-3-11-32)24(12-18)25-17-38-30(31-25)33-14-21-6-7-22(15-33)27(21)29(35)36/h4-5,8-9,12-13,17,21-22,27H,3,6-7,10-11,14-16H2,1-2H3,(H,35,36)/t21-,22+,27+. The van der Waals surface area contributed by atoms with Crippen LogP contribution in [-0.2, 0) is 11.4 Å². The lowest BCUT2D eigenvalue weighted by Crippen LogP contribution is -2.44. The van der Waals surface area contributed by atoms with E-state index in [0.717, 1.165) is 89.8 Å². The minimum atomic E-state index is -0.647. The van der Waals surface area contributed by atoms with Crippen molar-refractivity contribution in [1.82, 2.24) is 9.88 Å². The molecule has 8 heteroatoms. The van der Waals surface area contributed by atoms with Crippen LogP contribution in [0.15, 0.2) is 41.8 Å². The van der Waals surface area contributed by atoms with E-state index in [1.165, 1.54) is 0 Å². The van der Waals surface area contributed by atoms with Crippen LogP contribution in [0.5, 0.6) is 5.75 Å². The monoisotopic (exact) mass is 531 g/mol. The number of carboxylic acids is 1. The normalized spacial score (nSPS) is 22.3. The fraction of sp³-hybridized carbons (Fsp3) is 0.433. The number of carboxylic acid groups (broad SMARTS) is 1. The third-order valence-electron chi connectivity index (χ3n) is 8.41. The molecule has 2 bridgehead atoms. The molecule has 3 aromatic rings. The summed E-state index contributed by atoms with van der Waals surface area (Å²) in [7, 11) is 0. The number of benzene rings is 2. The van der Waals surface area contributed by atoms with Gasteiger partial charge in [0.05, 0.1) is 11.6 Å². The van der Waals surface area contributed by atoms with Gasteiger partial charge < -0.3 is 19.6 Å². The maximum absolute atomic E-state index is 12.6. The van der Waals surface area contributed by atoms with E-state index in [0.29, 0.717) is 6.61 Å². The minimum Gasteiger partial charge on any atom is -0.488 e. The molecule has 2 saturated heterocycles. The highest BCUT2D eigenvalue weighted by Crippen LogP contribution is 2.44. The van der Waals surface area contributed by atoms with Crippen LogP contribution in [0, 0.1) is 31.6 Å². The van der Waals surface area contributed by atoms with Gasteiger partial charge in [0.2, 0.25) is 0 Å². The van der Waals surface area contributed by atoms with Crippen molar-refractivity contribution in [2.75, 3.05) is 31.1 Å². The third-order valence-corrected chi connectivity index (χ3v) is 9.31. The zero-order valence-electron chi connectivity index (χ0n) is 21.9. The molecule has 0 unspecified atom stereocenters. The molecule has 198 valence electrons. The average molecular weight is 532 g/mol. The Hall–Kier alpha value is -3.39. The number of likely N-dealkylation sites (tertiary alicyclic amines) is 1. The molecule has 3 fully saturated rings. The van der Waals surface area contributed by atoms with Crippen LogP contribution in [0.3, 0.4) is 0 Å². The van der Waals surface area contributed by atoms with Crippen LogP contribution in [0.1, 0.15) is 46.3 Å². The quantitative estimate of drug-likeness (QED) is 0.440. The summed E-state index contributed by atoms with van der Waals surface area (Å²) in [6.45, 7) is 7.70. The highest BCUT2D eigenvalue weighted by molar-refractivity contribution is 7.14. The van der Waals surface area contributed by atoms with E-state index < -0.39 is 5.97 Å². The Bertz CT molecular complexity index is 1370. The summed E-state index contributed by atoms with van der Waals surface area (Å²) in [5.74, 6) is 0.420.